The van der Waals surface area contributed by atoms with Crippen molar-refractivity contribution >= 4 is 56.7 Å². The first-order valence-electron chi connectivity index (χ1n) is 16.8. The van der Waals surface area contributed by atoms with Crippen LogP contribution in [-0.4, -0.2) is 84.1 Å². The standard InChI is InChI=1S/C37H43IN8O5/c1-36(2,14-18-51-37(3,4)13-15-38)35(49)42-22-29-43-23-46(44-29)33-31-30(28(50-5)21-41-33)27(20-40-31)32(47)34(48)45-16-11-25(12-17-45)26(19-39)24-9-7-6-8-10-24/h6-10,20-21,23,40H,11-18,22H2,1-5H3,(H,42,49). The van der Waals surface area contributed by atoms with E-state index in [-0.39, 0.29) is 23.6 Å². The topological polar surface area (TPSA) is 168 Å². The number of amides is 2. The first kappa shape index (κ1) is 37.6. The number of hydrogen-bond donors (Lipinski definition) is 2. The van der Waals surface area contributed by atoms with Crippen LogP contribution in [0.25, 0.3) is 22.3 Å². The Morgan fingerprint density at radius 2 is 1.80 bits per heavy atom. The van der Waals surface area contributed by atoms with Crippen LogP contribution in [0.15, 0.2) is 54.6 Å². The Kier molecular flexibility index (Phi) is 11.9. The van der Waals surface area contributed by atoms with Gasteiger partial charge in [-0.3, -0.25) is 14.4 Å². The summed E-state index contributed by atoms with van der Waals surface area (Å²) in [6.07, 6.45) is 6.90. The van der Waals surface area contributed by atoms with Crippen LogP contribution in [0.1, 0.15) is 75.1 Å². The number of aromatic nitrogens is 5. The number of fused-ring (bicyclic) bond motifs is 1. The molecule has 13 nitrogen and oxygen atoms in total. The van der Waals surface area contributed by atoms with Crippen LogP contribution in [0.4, 0.5) is 0 Å². The maximum absolute atomic E-state index is 13.7. The molecule has 1 aliphatic heterocycles. The minimum absolute atomic E-state index is 0.104. The van der Waals surface area contributed by atoms with Crippen LogP contribution < -0.4 is 10.1 Å². The van der Waals surface area contributed by atoms with E-state index in [1.807, 2.05) is 44.2 Å². The number of nitrogens with zero attached hydrogens (tertiary/aromatic N) is 6. The van der Waals surface area contributed by atoms with Crippen molar-refractivity contribution in [2.24, 2.45) is 5.41 Å². The lowest BCUT2D eigenvalue weighted by molar-refractivity contribution is -0.131. The van der Waals surface area contributed by atoms with Crippen LogP contribution in [-0.2, 0) is 20.9 Å². The number of halogens is 1. The number of ketones is 1. The van der Waals surface area contributed by atoms with Crippen molar-refractivity contribution in [2.45, 2.75) is 65.5 Å². The maximum atomic E-state index is 13.7. The number of carbonyl (C=O) groups is 3. The summed E-state index contributed by atoms with van der Waals surface area (Å²) >= 11 is 2.33. The normalized spacial score (nSPS) is 13.6. The number of benzene rings is 1. The van der Waals surface area contributed by atoms with E-state index < -0.39 is 17.1 Å². The molecular weight excluding hydrogens is 763 g/mol. The molecule has 2 N–H and O–H groups in total. The molecular formula is C37H43IN8O5. The summed E-state index contributed by atoms with van der Waals surface area (Å²) in [5, 5.41) is 17.7. The Balaban J connectivity index is 1.27. The van der Waals surface area contributed by atoms with Gasteiger partial charge in [0.05, 0.1) is 53.6 Å². The number of likely N-dealkylation sites (tertiary alicyclic amines) is 1. The van der Waals surface area contributed by atoms with E-state index in [2.05, 4.69) is 67.9 Å². The van der Waals surface area contributed by atoms with Crippen molar-refractivity contribution in [3.05, 3.63) is 71.6 Å². The van der Waals surface area contributed by atoms with E-state index in [9.17, 15) is 19.6 Å². The van der Waals surface area contributed by atoms with Crippen LogP contribution in [0.5, 0.6) is 5.75 Å². The SMILES string of the molecule is COc1cnc(-n2cnc(CNC(=O)C(C)(C)CCOC(C)(C)CCI)n2)c2[nH]cc(C(=O)C(=O)N3CCC(=C(C#N)c4ccccc4)CC3)c12. The van der Waals surface area contributed by atoms with Gasteiger partial charge in [-0.05, 0) is 50.7 Å². The van der Waals surface area contributed by atoms with E-state index >= 15 is 0 Å². The predicted molar refractivity (Wildman–Crippen MR) is 200 cm³/mol. The predicted octanol–water partition coefficient (Wildman–Crippen LogP) is 5.59. The fourth-order valence-electron chi connectivity index (χ4n) is 5.93. The highest BCUT2D eigenvalue weighted by molar-refractivity contribution is 14.1. The number of aromatic amines is 1. The summed E-state index contributed by atoms with van der Waals surface area (Å²) in [6.45, 7) is 9.09. The third-order valence-corrected chi connectivity index (χ3v) is 9.73. The summed E-state index contributed by atoms with van der Waals surface area (Å²) in [5.41, 5.74) is 2.11. The Morgan fingerprint density at radius 1 is 1.08 bits per heavy atom. The number of rotatable bonds is 14. The van der Waals surface area contributed by atoms with Crippen molar-refractivity contribution in [3.63, 3.8) is 0 Å². The zero-order chi connectivity index (χ0) is 36.8. The lowest BCUT2D eigenvalue weighted by Gasteiger charge is -2.28. The molecule has 1 saturated heterocycles. The molecule has 0 bridgehead atoms. The van der Waals surface area contributed by atoms with E-state index in [1.165, 1.54) is 35.4 Å². The highest BCUT2D eigenvalue weighted by Crippen LogP contribution is 2.33. The average Bonchev–Trinajstić information content (AvgIpc) is 3.79. The van der Waals surface area contributed by atoms with E-state index in [0.29, 0.717) is 72.8 Å². The number of alkyl halides is 1. The van der Waals surface area contributed by atoms with Gasteiger partial charge < -0.3 is 24.7 Å². The van der Waals surface area contributed by atoms with Crippen LogP contribution in [0, 0.1) is 16.7 Å². The lowest BCUT2D eigenvalue weighted by atomic mass is 9.88. The number of nitrogens with one attached hydrogen (secondary N) is 2. The zero-order valence-electron chi connectivity index (χ0n) is 29.6. The molecule has 5 rings (SSSR count). The van der Waals surface area contributed by atoms with Gasteiger partial charge in [0.1, 0.15) is 12.1 Å². The monoisotopic (exact) mass is 806 g/mol. The molecule has 0 atom stereocenters. The number of hydrogen-bond acceptors (Lipinski definition) is 9. The van der Waals surface area contributed by atoms with Crippen molar-refractivity contribution in [1.29, 1.82) is 5.26 Å². The van der Waals surface area contributed by atoms with Gasteiger partial charge in [0.15, 0.2) is 11.6 Å². The second-order valence-electron chi connectivity index (χ2n) is 13.6. The van der Waals surface area contributed by atoms with Gasteiger partial charge in [0.25, 0.3) is 11.7 Å². The molecule has 4 heterocycles. The van der Waals surface area contributed by atoms with E-state index in [0.717, 1.165) is 22.0 Å². The van der Waals surface area contributed by atoms with Gasteiger partial charge in [-0.1, -0.05) is 66.8 Å². The number of ether oxygens (including phenoxy) is 2. The molecule has 1 aromatic carbocycles. The summed E-state index contributed by atoms with van der Waals surface area (Å²) < 4.78 is 14.0. The highest BCUT2D eigenvalue weighted by Gasteiger charge is 2.31. The Labute approximate surface area is 310 Å². The third kappa shape index (κ3) is 8.65. The third-order valence-electron chi connectivity index (χ3n) is 9.19. The Morgan fingerprint density at radius 3 is 2.47 bits per heavy atom. The first-order valence-corrected chi connectivity index (χ1v) is 18.4. The second kappa shape index (κ2) is 16.2. The number of carbonyl (C=O) groups excluding carboxylic acids is 3. The Bertz CT molecular complexity index is 1960. The molecule has 51 heavy (non-hydrogen) atoms. The first-order chi connectivity index (χ1) is 24.4. The maximum Gasteiger partial charge on any atom is 0.295 e. The largest absolute Gasteiger partial charge is 0.494 e. The molecule has 14 heteroatoms. The zero-order valence-corrected chi connectivity index (χ0v) is 31.7. The molecule has 0 aliphatic carbocycles. The number of methoxy groups -OCH3 is 1. The number of Topliss-reactive ketones (excluding diaryl/α,β-unsaturated/α-hetero) is 1. The van der Waals surface area contributed by atoms with Gasteiger partial charge in [-0.25, -0.2) is 14.6 Å². The number of nitriles is 1. The van der Waals surface area contributed by atoms with Gasteiger partial charge >= 0.3 is 0 Å². The van der Waals surface area contributed by atoms with E-state index in [1.54, 1.807) is 0 Å². The molecule has 0 saturated carbocycles. The number of pyridine rings is 1. The minimum Gasteiger partial charge on any atom is -0.494 e. The summed E-state index contributed by atoms with van der Waals surface area (Å²) in [4.78, 5) is 53.7. The molecule has 4 aromatic rings. The van der Waals surface area contributed by atoms with Gasteiger partial charge in [-0.15, -0.1) is 5.10 Å². The average molecular weight is 807 g/mol. The molecule has 0 spiro atoms. The summed E-state index contributed by atoms with van der Waals surface area (Å²) in [6, 6.07) is 11.8. The van der Waals surface area contributed by atoms with E-state index in [4.69, 9.17) is 9.47 Å². The molecule has 3 aromatic heterocycles. The summed E-state index contributed by atoms with van der Waals surface area (Å²) in [5.74, 6) is -0.436. The second-order valence-corrected chi connectivity index (χ2v) is 14.7. The van der Waals surface area contributed by atoms with Crippen molar-refractivity contribution < 1.29 is 23.9 Å². The molecule has 2 amide bonds. The Hall–Kier alpha value is -4.62. The smallest absolute Gasteiger partial charge is 0.295 e. The van der Waals surface area contributed by atoms with Gasteiger partial charge in [0, 0.05) is 35.7 Å². The highest BCUT2D eigenvalue weighted by atomic mass is 127. The fourth-order valence-corrected chi connectivity index (χ4v) is 7.23. The number of H-pyrrole nitrogens is 1. The molecule has 268 valence electrons. The number of allylic oxidation sites excluding steroid dienone is 1. The van der Waals surface area contributed by atoms with Crippen molar-refractivity contribution in [1.82, 2.24) is 34.9 Å². The minimum atomic E-state index is -0.684. The molecule has 1 aliphatic rings. The van der Waals surface area contributed by atoms with Crippen LogP contribution >= 0.6 is 22.6 Å². The van der Waals surface area contributed by atoms with Crippen LogP contribution in [0.3, 0.4) is 0 Å². The van der Waals surface area contributed by atoms with Gasteiger partial charge in [0.2, 0.25) is 5.91 Å². The fraction of sp³-hybridized carbons (Fsp3) is 0.432. The lowest BCUT2D eigenvalue weighted by Crippen LogP contribution is -2.40. The van der Waals surface area contributed by atoms with Crippen LogP contribution in [0.2, 0.25) is 0 Å². The van der Waals surface area contributed by atoms with Crippen molar-refractivity contribution in [2.75, 3.05) is 31.2 Å². The molecule has 0 unspecified atom stereocenters. The van der Waals surface area contributed by atoms with Gasteiger partial charge in [-0.2, -0.15) is 5.26 Å². The number of piperidine rings is 1. The molecule has 0 radical (unpaired) electrons. The summed E-state index contributed by atoms with van der Waals surface area (Å²) in [7, 11) is 1.47. The van der Waals surface area contributed by atoms with Crippen molar-refractivity contribution in [3.8, 4) is 17.6 Å². The quantitative estimate of drug-likeness (QED) is 0.0543. The molecule has 1 fully saturated rings.